The maximum absolute atomic E-state index is 6.10. The van der Waals surface area contributed by atoms with Gasteiger partial charge in [0.25, 0.3) is 0 Å². The van der Waals surface area contributed by atoms with Gasteiger partial charge in [0.1, 0.15) is 5.75 Å². The van der Waals surface area contributed by atoms with Gasteiger partial charge in [0, 0.05) is 37.3 Å². The Kier molecular flexibility index (Phi) is 6.98. The smallest absolute Gasteiger partial charge is 0.173 e. The molecule has 0 spiro atoms. The second kappa shape index (κ2) is 9.22. The van der Waals surface area contributed by atoms with Gasteiger partial charge in [-0.25, -0.2) is 0 Å². The van der Waals surface area contributed by atoms with Crippen LogP contribution in [-0.2, 0) is 4.74 Å². The summed E-state index contributed by atoms with van der Waals surface area (Å²) in [7, 11) is 3.86. The zero-order valence-corrected chi connectivity index (χ0v) is 17.1. The molecular formula is C19H28ClN3O2S. The highest BCUT2D eigenvalue weighted by atomic mass is 35.5. The zero-order chi connectivity index (χ0) is 18.5. The Morgan fingerprint density at radius 3 is 2.81 bits per heavy atom. The summed E-state index contributed by atoms with van der Waals surface area (Å²) >= 11 is 11.7. The van der Waals surface area contributed by atoms with Gasteiger partial charge in [-0.1, -0.05) is 11.6 Å². The second-order valence-electron chi connectivity index (χ2n) is 7.07. The number of nitrogens with one attached hydrogen (secondary N) is 1. The number of piperidine rings is 1. The molecule has 0 bridgehead atoms. The lowest BCUT2D eigenvalue weighted by molar-refractivity contribution is 0.0576. The number of halogens is 1. The van der Waals surface area contributed by atoms with Gasteiger partial charge in [0.2, 0.25) is 0 Å². The van der Waals surface area contributed by atoms with Crippen molar-refractivity contribution in [3.05, 3.63) is 23.2 Å². The van der Waals surface area contributed by atoms with Crippen LogP contribution in [0, 0.1) is 0 Å². The Morgan fingerprint density at radius 2 is 2.15 bits per heavy atom. The molecule has 26 heavy (non-hydrogen) atoms. The molecule has 2 heterocycles. The Labute approximate surface area is 166 Å². The van der Waals surface area contributed by atoms with E-state index in [1.165, 1.54) is 12.8 Å². The molecule has 1 aromatic carbocycles. The third kappa shape index (κ3) is 5.00. The standard InChI is InChI=1S/C19H28ClN3O2S/c1-22(13-16-4-3-11-25-16)15-7-9-23(10-8-15)19(26)21-17-12-14(20)5-6-18(17)24-2/h5-6,12,15-16H,3-4,7-11,13H2,1-2H3,(H,21,26)/t16-/m1/s1. The minimum Gasteiger partial charge on any atom is -0.495 e. The maximum Gasteiger partial charge on any atom is 0.173 e. The summed E-state index contributed by atoms with van der Waals surface area (Å²) in [6.07, 6.45) is 5.02. The van der Waals surface area contributed by atoms with E-state index in [1.807, 2.05) is 18.2 Å². The van der Waals surface area contributed by atoms with Crippen molar-refractivity contribution in [2.75, 3.05) is 45.7 Å². The monoisotopic (exact) mass is 397 g/mol. The van der Waals surface area contributed by atoms with Crippen molar-refractivity contribution < 1.29 is 9.47 Å². The van der Waals surface area contributed by atoms with Crippen molar-refractivity contribution in [2.24, 2.45) is 0 Å². The average molecular weight is 398 g/mol. The highest BCUT2D eigenvalue weighted by molar-refractivity contribution is 7.80. The summed E-state index contributed by atoms with van der Waals surface area (Å²) in [6.45, 7) is 3.86. The number of anilines is 1. The van der Waals surface area contributed by atoms with Crippen molar-refractivity contribution in [1.29, 1.82) is 0 Å². The van der Waals surface area contributed by atoms with Crippen LogP contribution < -0.4 is 10.1 Å². The fourth-order valence-electron chi connectivity index (χ4n) is 3.74. The molecule has 1 atom stereocenters. The van der Waals surface area contributed by atoms with Crippen LogP contribution in [0.15, 0.2) is 18.2 Å². The lowest BCUT2D eigenvalue weighted by atomic mass is 10.0. The van der Waals surface area contributed by atoms with Crippen LogP contribution in [0.2, 0.25) is 5.02 Å². The number of methoxy groups -OCH3 is 1. The van der Waals surface area contributed by atoms with Crippen molar-refractivity contribution in [3.8, 4) is 5.75 Å². The SMILES string of the molecule is COc1ccc(Cl)cc1NC(=S)N1CCC(N(C)C[C@H]2CCCO2)CC1. The molecular weight excluding hydrogens is 370 g/mol. The number of likely N-dealkylation sites (tertiary alicyclic amines) is 1. The Bertz CT molecular complexity index is 617. The second-order valence-corrected chi connectivity index (χ2v) is 7.89. The first-order chi connectivity index (χ1) is 12.6. The highest BCUT2D eigenvalue weighted by Gasteiger charge is 2.26. The van der Waals surface area contributed by atoms with Crippen LogP contribution in [0.4, 0.5) is 5.69 Å². The molecule has 7 heteroatoms. The van der Waals surface area contributed by atoms with Gasteiger partial charge >= 0.3 is 0 Å². The van der Waals surface area contributed by atoms with Crippen LogP contribution in [0.3, 0.4) is 0 Å². The van der Waals surface area contributed by atoms with Crippen molar-refractivity contribution in [1.82, 2.24) is 9.80 Å². The van der Waals surface area contributed by atoms with E-state index in [0.29, 0.717) is 17.2 Å². The molecule has 1 aromatic rings. The molecule has 2 saturated heterocycles. The normalized spacial score (nSPS) is 21.2. The van der Waals surface area contributed by atoms with Gasteiger partial charge in [-0.3, -0.25) is 0 Å². The number of likely N-dealkylation sites (N-methyl/N-ethyl adjacent to an activating group) is 1. The summed E-state index contributed by atoms with van der Waals surface area (Å²) in [6, 6.07) is 6.09. The predicted octanol–water partition coefficient (Wildman–Crippen LogP) is 3.62. The topological polar surface area (TPSA) is 37.0 Å². The van der Waals surface area contributed by atoms with Gasteiger partial charge in [0.15, 0.2) is 5.11 Å². The van der Waals surface area contributed by atoms with E-state index in [9.17, 15) is 0 Å². The van der Waals surface area contributed by atoms with Crippen LogP contribution in [-0.4, -0.2) is 67.5 Å². The number of hydrogen-bond donors (Lipinski definition) is 1. The summed E-state index contributed by atoms with van der Waals surface area (Å²) in [5.41, 5.74) is 0.808. The number of thiocarbonyl (C=S) groups is 1. The maximum atomic E-state index is 6.10. The van der Waals surface area contributed by atoms with Gasteiger partial charge in [0.05, 0.1) is 18.9 Å². The van der Waals surface area contributed by atoms with Gasteiger partial charge in [-0.05, 0) is 63.1 Å². The molecule has 1 N–H and O–H groups in total. The van der Waals surface area contributed by atoms with Crippen LogP contribution >= 0.6 is 23.8 Å². The zero-order valence-electron chi connectivity index (χ0n) is 15.5. The lowest BCUT2D eigenvalue weighted by Gasteiger charge is -2.38. The van der Waals surface area contributed by atoms with E-state index >= 15 is 0 Å². The molecule has 5 nitrogen and oxygen atoms in total. The summed E-state index contributed by atoms with van der Waals surface area (Å²) in [4.78, 5) is 4.69. The van der Waals surface area contributed by atoms with Gasteiger partial charge in [-0.2, -0.15) is 0 Å². The van der Waals surface area contributed by atoms with Crippen LogP contribution in [0.25, 0.3) is 0 Å². The number of ether oxygens (including phenoxy) is 2. The first kappa shape index (κ1) is 19.7. The largest absolute Gasteiger partial charge is 0.495 e. The fourth-order valence-corrected chi connectivity index (χ4v) is 4.21. The molecule has 3 rings (SSSR count). The van der Waals surface area contributed by atoms with Crippen LogP contribution in [0.5, 0.6) is 5.75 Å². The molecule has 144 valence electrons. The minimum absolute atomic E-state index is 0.413. The van der Waals surface area contributed by atoms with Gasteiger partial charge < -0.3 is 24.6 Å². The molecule has 0 radical (unpaired) electrons. The molecule has 2 aliphatic rings. The number of rotatable bonds is 5. The molecule has 0 saturated carbocycles. The number of benzene rings is 1. The molecule has 0 aromatic heterocycles. The van der Waals surface area contributed by atoms with E-state index < -0.39 is 0 Å². The third-order valence-electron chi connectivity index (χ3n) is 5.29. The average Bonchev–Trinajstić information content (AvgIpc) is 3.15. The number of hydrogen-bond acceptors (Lipinski definition) is 4. The summed E-state index contributed by atoms with van der Waals surface area (Å²) < 4.78 is 11.1. The molecule has 0 unspecified atom stereocenters. The molecule has 2 aliphatic heterocycles. The van der Waals surface area contributed by atoms with E-state index in [1.54, 1.807) is 7.11 Å². The first-order valence-corrected chi connectivity index (χ1v) is 10.1. The number of nitrogens with zero attached hydrogens (tertiary/aromatic N) is 2. The fraction of sp³-hybridized carbons (Fsp3) is 0.632. The first-order valence-electron chi connectivity index (χ1n) is 9.28. The van der Waals surface area contributed by atoms with Crippen molar-refractivity contribution >= 4 is 34.6 Å². The minimum atomic E-state index is 0.413. The van der Waals surface area contributed by atoms with Gasteiger partial charge in [-0.15, -0.1) is 0 Å². The van der Waals surface area contributed by atoms with E-state index in [4.69, 9.17) is 33.3 Å². The predicted molar refractivity (Wildman–Crippen MR) is 110 cm³/mol. The van der Waals surface area contributed by atoms with E-state index in [-0.39, 0.29) is 0 Å². The molecule has 0 amide bonds. The summed E-state index contributed by atoms with van der Waals surface area (Å²) in [5.74, 6) is 0.739. The molecule has 0 aliphatic carbocycles. The molecule has 2 fully saturated rings. The Hall–Kier alpha value is -1.08. The van der Waals surface area contributed by atoms with E-state index in [2.05, 4.69) is 22.2 Å². The highest BCUT2D eigenvalue weighted by Crippen LogP contribution is 2.28. The van der Waals surface area contributed by atoms with Crippen molar-refractivity contribution in [3.63, 3.8) is 0 Å². The lowest BCUT2D eigenvalue weighted by Crippen LogP contribution is -2.48. The summed E-state index contributed by atoms with van der Waals surface area (Å²) in [5, 5.41) is 4.67. The quantitative estimate of drug-likeness (QED) is 0.765. The Morgan fingerprint density at radius 1 is 1.38 bits per heavy atom. The third-order valence-corrected chi connectivity index (χ3v) is 5.89. The van der Waals surface area contributed by atoms with Crippen LogP contribution in [0.1, 0.15) is 25.7 Å². The Balaban J connectivity index is 1.49. The van der Waals surface area contributed by atoms with E-state index in [0.717, 1.165) is 55.6 Å². The van der Waals surface area contributed by atoms with Crippen molar-refractivity contribution in [2.45, 2.75) is 37.8 Å².